The summed E-state index contributed by atoms with van der Waals surface area (Å²) in [5.74, 6) is -0.532. The average Bonchev–Trinajstić information content (AvgIpc) is 1.86. The zero-order valence-electron chi connectivity index (χ0n) is 5.88. The van der Waals surface area contributed by atoms with Crippen LogP contribution in [-0.2, 0) is 0 Å². The molecule has 0 amide bonds. The standard InChI is InChI=1S/C7H6Cl2N2/c1-7(9)2-3-11-6(8)5(7)4-10/h2-3,5H,1H3. The highest BCUT2D eigenvalue weighted by Gasteiger charge is 2.35. The summed E-state index contributed by atoms with van der Waals surface area (Å²) in [4.78, 5) is 3.06. The smallest absolute Gasteiger partial charge is 0.125 e. The van der Waals surface area contributed by atoms with Crippen molar-refractivity contribution in [3.8, 4) is 6.07 Å². The van der Waals surface area contributed by atoms with Crippen LogP contribution in [0.5, 0.6) is 0 Å². The van der Waals surface area contributed by atoms with Gasteiger partial charge in [-0.3, -0.25) is 0 Å². The largest absolute Gasteiger partial charge is 0.248 e. The van der Waals surface area contributed by atoms with Gasteiger partial charge in [0.05, 0.1) is 10.9 Å². The minimum absolute atomic E-state index is 0.257. The number of nitrogens with zero attached hydrogens (tertiary/aromatic N) is 2. The van der Waals surface area contributed by atoms with Crippen molar-refractivity contribution in [2.24, 2.45) is 10.9 Å². The first-order valence-corrected chi connectivity index (χ1v) is 3.83. The van der Waals surface area contributed by atoms with Crippen LogP contribution in [0, 0.1) is 17.2 Å². The summed E-state index contributed by atoms with van der Waals surface area (Å²) in [7, 11) is 0. The highest BCUT2D eigenvalue weighted by Crippen LogP contribution is 2.31. The van der Waals surface area contributed by atoms with Crippen LogP contribution in [0.4, 0.5) is 0 Å². The molecule has 0 N–H and O–H groups in total. The number of alkyl halides is 1. The lowest BCUT2D eigenvalue weighted by Crippen LogP contribution is -2.31. The topological polar surface area (TPSA) is 36.1 Å². The van der Waals surface area contributed by atoms with Crippen molar-refractivity contribution in [1.82, 2.24) is 0 Å². The number of hydrogen-bond acceptors (Lipinski definition) is 2. The molecule has 2 unspecified atom stereocenters. The minimum Gasteiger partial charge on any atom is -0.248 e. The molecule has 2 atom stereocenters. The molecule has 0 aromatic rings. The summed E-state index contributed by atoms with van der Waals surface area (Å²) >= 11 is 11.6. The van der Waals surface area contributed by atoms with E-state index < -0.39 is 10.8 Å². The van der Waals surface area contributed by atoms with Gasteiger partial charge in [-0.15, -0.1) is 11.6 Å². The zero-order chi connectivity index (χ0) is 8.48. The Bertz CT molecular complexity index is 260. The molecule has 2 nitrogen and oxygen atoms in total. The molecule has 1 rings (SSSR count). The summed E-state index contributed by atoms with van der Waals surface area (Å²) < 4.78 is 0. The molecule has 0 fully saturated rings. The van der Waals surface area contributed by atoms with Crippen molar-refractivity contribution < 1.29 is 0 Å². The predicted molar refractivity (Wildman–Crippen MR) is 45.8 cm³/mol. The molecule has 0 aromatic heterocycles. The van der Waals surface area contributed by atoms with Crippen LogP contribution in [-0.4, -0.2) is 10.0 Å². The van der Waals surface area contributed by atoms with Crippen LogP contribution >= 0.6 is 23.2 Å². The van der Waals surface area contributed by atoms with Crippen LogP contribution in [0.2, 0.25) is 0 Å². The van der Waals surface area contributed by atoms with Crippen molar-refractivity contribution in [1.29, 1.82) is 5.26 Å². The number of hydrogen-bond donors (Lipinski definition) is 0. The molecule has 0 saturated heterocycles. The fraction of sp³-hybridized carbons (Fsp3) is 0.429. The first-order valence-electron chi connectivity index (χ1n) is 3.07. The fourth-order valence-corrected chi connectivity index (χ4v) is 1.43. The second-order valence-electron chi connectivity index (χ2n) is 2.48. The molecule has 1 heterocycles. The van der Waals surface area contributed by atoms with Gasteiger partial charge in [0.1, 0.15) is 11.1 Å². The molecular formula is C7H6Cl2N2. The number of halogens is 2. The molecule has 0 spiro atoms. The third-order valence-corrected chi connectivity index (χ3v) is 2.19. The van der Waals surface area contributed by atoms with Crippen molar-refractivity contribution in [2.75, 3.05) is 0 Å². The van der Waals surface area contributed by atoms with Crippen molar-refractivity contribution >= 4 is 28.4 Å². The van der Waals surface area contributed by atoms with E-state index in [0.29, 0.717) is 0 Å². The van der Waals surface area contributed by atoms with Gasteiger partial charge in [0.25, 0.3) is 0 Å². The average molecular weight is 189 g/mol. The van der Waals surface area contributed by atoms with E-state index in [9.17, 15) is 0 Å². The fourth-order valence-electron chi connectivity index (χ4n) is 0.837. The van der Waals surface area contributed by atoms with E-state index >= 15 is 0 Å². The number of aliphatic imine (C=N–C) groups is 1. The lowest BCUT2D eigenvalue weighted by Gasteiger charge is -2.24. The molecule has 1 aliphatic heterocycles. The predicted octanol–water partition coefficient (Wildman–Crippen LogP) is 2.29. The number of rotatable bonds is 0. The van der Waals surface area contributed by atoms with Gasteiger partial charge >= 0.3 is 0 Å². The molecule has 0 bridgehead atoms. The summed E-state index contributed by atoms with van der Waals surface area (Å²) in [6.45, 7) is 1.73. The second kappa shape index (κ2) is 2.84. The highest BCUT2D eigenvalue weighted by molar-refractivity contribution is 6.67. The summed E-state index contributed by atoms with van der Waals surface area (Å²) in [6.07, 6.45) is 3.18. The van der Waals surface area contributed by atoms with Gasteiger partial charge in [0, 0.05) is 6.20 Å². The van der Waals surface area contributed by atoms with Crippen LogP contribution in [0.1, 0.15) is 6.92 Å². The Kier molecular flexibility index (Phi) is 2.22. The molecule has 0 aliphatic carbocycles. The van der Waals surface area contributed by atoms with Gasteiger partial charge in [0.15, 0.2) is 0 Å². The van der Waals surface area contributed by atoms with Crippen LogP contribution in [0.3, 0.4) is 0 Å². The van der Waals surface area contributed by atoms with Gasteiger partial charge in [-0.05, 0) is 13.0 Å². The zero-order valence-corrected chi connectivity index (χ0v) is 7.39. The van der Waals surface area contributed by atoms with E-state index in [2.05, 4.69) is 4.99 Å². The Hall–Kier alpha value is -0.520. The number of allylic oxidation sites excluding steroid dienone is 1. The quantitative estimate of drug-likeness (QED) is 0.538. The maximum Gasteiger partial charge on any atom is 0.125 e. The molecule has 0 aromatic carbocycles. The van der Waals surface area contributed by atoms with Crippen LogP contribution in [0.25, 0.3) is 0 Å². The Morgan fingerprint density at radius 3 is 2.82 bits per heavy atom. The minimum atomic E-state index is -0.715. The van der Waals surface area contributed by atoms with Gasteiger partial charge in [-0.1, -0.05) is 11.6 Å². The maximum atomic E-state index is 8.66. The molecule has 58 valence electrons. The van der Waals surface area contributed by atoms with Crippen molar-refractivity contribution in [3.63, 3.8) is 0 Å². The monoisotopic (exact) mass is 188 g/mol. The van der Waals surface area contributed by atoms with Crippen LogP contribution in [0.15, 0.2) is 17.3 Å². The van der Waals surface area contributed by atoms with E-state index in [1.165, 1.54) is 6.20 Å². The van der Waals surface area contributed by atoms with E-state index in [-0.39, 0.29) is 5.17 Å². The molecule has 0 radical (unpaired) electrons. The van der Waals surface area contributed by atoms with Crippen molar-refractivity contribution in [2.45, 2.75) is 11.8 Å². The van der Waals surface area contributed by atoms with Gasteiger partial charge in [-0.2, -0.15) is 5.26 Å². The van der Waals surface area contributed by atoms with E-state index in [0.717, 1.165) is 0 Å². The van der Waals surface area contributed by atoms with E-state index in [1.807, 2.05) is 6.07 Å². The van der Waals surface area contributed by atoms with E-state index in [4.69, 9.17) is 28.5 Å². The van der Waals surface area contributed by atoms with Gasteiger partial charge in [0.2, 0.25) is 0 Å². The SMILES string of the molecule is CC1(Cl)C=CN=C(Cl)C1C#N. The lowest BCUT2D eigenvalue weighted by molar-refractivity contribution is 0.692. The first kappa shape index (κ1) is 8.58. The van der Waals surface area contributed by atoms with Crippen molar-refractivity contribution in [3.05, 3.63) is 12.3 Å². The Morgan fingerprint density at radius 1 is 1.82 bits per heavy atom. The molecule has 0 saturated carbocycles. The Balaban J connectivity index is 3.00. The summed E-state index contributed by atoms with van der Waals surface area (Å²) in [6, 6.07) is 2.00. The third kappa shape index (κ3) is 1.55. The Labute approximate surface area is 75.1 Å². The Morgan fingerprint density at radius 2 is 2.45 bits per heavy atom. The normalized spacial score (nSPS) is 36.2. The van der Waals surface area contributed by atoms with Gasteiger partial charge in [-0.25, -0.2) is 4.99 Å². The highest BCUT2D eigenvalue weighted by atomic mass is 35.5. The molecule has 11 heavy (non-hydrogen) atoms. The maximum absolute atomic E-state index is 8.66. The number of nitriles is 1. The van der Waals surface area contributed by atoms with Gasteiger partial charge < -0.3 is 0 Å². The summed E-state index contributed by atoms with van der Waals surface area (Å²) in [5.41, 5.74) is 0. The van der Waals surface area contributed by atoms with E-state index in [1.54, 1.807) is 13.0 Å². The third-order valence-electron chi connectivity index (χ3n) is 1.53. The summed E-state index contributed by atoms with van der Waals surface area (Å²) in [5, 5.41) is 8.92. The first-order chi connectivity index (χ1) is 5.08. The lowest BCUT2D eigenvalue weighted by atomic mass is 9.94. The molecule has 1 aliphatic rings. The molecular weight excluding hydrogens is 183 g/mol. The molecule has 4 heteroatoms. The second-order valence-corrected chi connectivity index (χ2v) is 3.68. The van der Waals surface area contributed by atoms with Crippen LogP contribution < -0.4 is 0 Å².